The highest BCUT2D eigenvalue weighted by Gasteiger charge is 2.34. The number of halogens is 3. The Hall–Kier alpha value is -4.21. The Morgan fingerprint density at radius 3 is 2.36 bits per heavy atom. The Morgan fingerprint density at radius 2 is 1.73 bits per heavy atom. The lowest BCUT2D eigenvalue weighted by molar-refractivity contribution is -0.136. The summed E-state index contributed by atoms with van der Waals surface area (Å²) in [6, 6.07) is 10.8. The van der Waals surface area contributed by atoms with Gasteiger partial charge in [-0.05, 0) is 54.1 Å². The van der Waals surface area contributed by atoms with E-state index < -0.39 is 29.2 Å². The number of carbonyl (C=O) groups is 2. The van der Waals surface area contributed by atoms with E-state index in [1.54, 1.807) is 18.2 Å². The van der Waals surface area contributed by atoms with Crippen LogP contribution in [0.25, 0.3) is 6.08 Å². The molecule has 0 radical (unpaired) electrons. The van der Waals surface area contributed by atoms with Crippen LogP contribution in [0, 0.1) is 0 Å². The zero-order valence-electron chi connectivity index (χ0n) is 17.5. The van der Waals surface area contributed by atoms with Gasteiger partial charge in [0, 0.05) is 11.8 Å². The van der Waals surface area contributed by atoms with Crippen LogP contribution in [0.3, 0.4) is 0 Å². The molecule has 2 aromatic carbocycles. The smallest absolute Gasteiger partial charge is 0.418 e. The third-order valence-electron chi connectivity index (χ3n) is 4.42. The van der Waals surface area contributed by atoms with Crippen LogP contribution in [0.2, 0.25) is 0 Å². The second-order valence-corrected chi connectivity index (χ2v) is 6.63. The number of benzene rings is 2. The highest BCUT2D eigenvalue weighted by molar-refractivity contribution is 6.04. The summed E-state index contributed by atoms with van der Waals surface area (Å²) >= 11 is 0. The molecule has 0 aliphatic carbocycles. The van der Waals surface area contributed by atoms with Gasteiger partial charge in [-0.3, -0.25) is 9.59 Å². The largest absolute Gasteiger partial charge is 0.493 e. The highest BCUT2D eigenvalue weighted by Crippen LogP contribution is 2.37. The first-order valence-electron chi connectivity index (χ1n) is 9.48. The number of ether oxygens (including phenoxy) is 2. The van der Waals surface area contributed by atoms with Crippen LogP contribution in [0.15, 0.2) is 65.3 Å². The van der Waals surface area contributed by atoms with E-state index in [2.05, 4.69) is 10.6 Å². The molecule has 0 fully saturated rings. The van der Waals surface area contributed by atoms with Crippen LogP contribution in [0.1, 0.15) is 21.7 Å². The van der Waals surface area contributed by atoms with E-state index in [-0.39, 0.29) is 11.4 Å². The minimum absolute atomic E-state index is 0.0544. The van der Waals surface area contributed by atoms with Crippen molar-refractivity contribution in [3.8, 4) is 11.5 Å². The van der Waals surface area contributed by atoms with Crippen molar-refractivity contribution >= 4 is 29.3 Å². The Kier molecular flexibility index (Phi) is 7.07. The average molecular weight is 460 g/mol. The molecule has 2 amide bonds. The summed E-state index contributed by atoms with van der Waals surface area (Å²) in [6.45, 7) is 0. The first-order valence-corrected chi connectivity index (χ1v) is 9.48. The number of furan rings is 1. The zero-order chi connectivity index (χ0) is 24.0. The van der Waals surface area contributed by atoms with Gasteiger partial charge in [0.2, 0.25) is 5.91 Å². The monoisotopic (exact) mass is 460 g/mol. The fourth-order valence-electron chi connectivity index (χ4n) is 2.87. The van der Waals surface area contributed by atoms with Gasteiger partial charge in [0.05, 0.1) is 31.7 Å². The molecule has 3 rings (SSSR count). The molecule has 0 aliphatic rings. The molecule has 0 bridgehead atoms. The van der Waals surface area contributed by atoms with E-state index in [0.717, 1.165) is 18.2 Å². The number of alkyl halides is 3. The predicted octanol–water partition coefficient (Wildman–Crippen LogP) is 5.22. The predicted molar refractivity (Wildman–Crippen MR) is 115 cm³/mol. The first kappa shape index (κ1) is 23.5. The lowest BCUT2D eigenvalue weighted by Crippen LogP contribution is -2.16. The van der Waals surface area contributed by atoms with Crippen LogP contribution in [-0.2, 0) is 11.0 Å². The van der Waals surface area contributed by atoms with Crippen LogP contribution in [-0.4, -0.2) is 26.0 Å². The maximum Gasteiger partial charge on any atom is 0.418 e. The summed E-state index contributed by atoms with van der Waals surface area (Å²) in [7, 11) is 2.93. The molecule has 2 N–H and O–H groups in total. The molecule has 0 spiro atoms. The Morgan fingerprint density at radius 1 is 0.970 bits per heavy atom. The van der Waals surface area contributed by atoms with Gasteiger partial charge in [0.1, 0.15) is 0 Å². The van der Waals surface area contributed by atoms with Crippen molar-refractivity contribution in [2.24, 2.45) is 0 Å². The van der Waals surface area contributed by atoms with Gasteiger partial charge >= 0.3 is 6.18 Å². The standard InChI is InChI=1S/C23H19F3N2O5/c1-31-18-9-5-14(12-20(18)32-2)6-10-21(29)28-17-8-7-15(13-16(17)23(24,25)26)27-22(30)19-4-3-11-33-19/h3-13H,1-2H3,(H,27,30)(H,28,29)/b10-6+. The lowest BCUT2D eigenvalue weighted by atomic mass is 10.1. The van der Waals surface area contributed by atoms with Crippen LogP contribution < -0.4 is 20.1 Å². The van der Waals surface area contributed by atoms with Crippen molar-refractivity contribution in [1.82, 2.24) is 0 Å². The second kappa shape index (κ2) is 9.94. The average Bonchev–Trinajstić information content (AvgIpc) is 3.33. The van der Waals surface area contributed by atoms with Gasteiger partial charge in [-0.1, -0.05) is 6.07 Å². The molecule has 0 aliphatic heterocycles. The van der Waals surface area contributed by atoms with Crippen LogP contribution in [0.4, 0.5) is 24.5 Å². The number of hydrogen-bond acceptors (Lipinski definition) is 5. The number of amides is 2. The van der Waals surface area contributed by atoms with Crippen molar-refractivity contribution in [3.63, 3.8) is 0 Å². The summed E-state index contributed by atoms with van der Waals surface area (Å²) in [5, 5.41) is 4.54. The summed E-state index contributed by atoms with van der Waals surface area (Å²) < 4.78 is 55.9. The Labute approximate surface area is 186 Å². The molecule has 1 aromatic heterocycles. The van der Waals surface area contributed by atoms with Gasteiger partial charge in [0.25, 0.3) is 5.91 Å². The van der Waals surface area contributed by atoms with Gasteiger partial charge in [0.15, 0.2) is 17.3 Å². The van der Waals surface area contributed by atoms with E-state index in [1.165, 1.54) is 44.8 Å². The van der Waals surface area contributed by atoms with Gasteiger partial charge in [-0.25, -0.2) is 0 Å². The minimum atomic E-state index is -4.78. The van der Waals surface area contributed by atoms with Crippen molar-refractivity contribution in [3.05, 3.63) is 77.8 Å². The number of rotatable bonds is 7. The zero-order valence-corrected chi connectivity index (χ0v) is 17.5. The fourth-order valence-corrected chi connectivity index (χ4v) is 2.87. The van der Waals surface area contributed by atoms with E-state index in [4.69, 9.17) is 13.9 Å². The highest BCUT2D eigenvalue weighted by atomic mass is 19.4. The van der Waals surface area contributed by atoms with E-state index in [1.807, 2.05) is 0 Å². The van der Waals surface area contributed by atoms with Gasteiger partial charge in [-0.2, -0.15) is 13.2 Å². The molecule has 7 nitrogen and oxygen atoms in total. The molecule has 0 atom stereocenters. The van der Waals surface area contributed by atoms with Crippen molar-refractivity contribution in [2.75, 3.05) is 24.9 Å². The van der Waals surface area contributed by atoms with Crippen LogP contribution in [0.5, 0.6) is 11.5 Å². The minimum Gasteiger partial charge on any atom is -0.493 e. The topological polar surface area (TPSA) is 89.8 Å². The number of methoxy groups -OCH3 is 2. The Bertz CT molecular complexity index is 1170. The summed E-state index contributed by atoms with van der Waals surface area (Å²) in [5.74, 6) is -0.605. The van der Waals surface area contributed by atoms with Gasteiger partial charge < -0.3 is 24.5 Å². The number of anilines is 2. The number of nitrogens with one attached hydrogen (secondary N) is 2. The maximum absolute atomic E-state index is 13.6. The molecule has 3 aromatic rings. The molecule has 0 unspecified atom stereocenters. The van der Waals surface area contributed by atoms with Gasteiger partial charge in [-0.15, -0.1) is 0 Å². The van der Waals surface area contributed by atoms with E-state index >= 15 is 0 Å². The second-order valence-electron chi connectivity index (χ2n) is 6.63. The molecular formula is C23H19F3N2O5. The molecular weight excluding hydrogens is 441 g/mol. The maximum atomic E-state index is 13.6. The van der Waals surface area contributed by atoms with Crippen molar-refractivity contribution in [2.45, 2.75) is 6.18 Å². The van der Waals surface area contributed by atoms with E-state index in [0.29, 0.717) is 17.1 Å². The van der Waals surface area contributed by atoms with Crippen molar-refractivity contribution in [1.29, 1.82) is 0 Å². The quantitative estimate of drug-likeness (QED) is 0.472. The fraction of sp³-hybridized carbons (Fsp3) is 0.130. The normalized spacial score (nSPS) is 11.3. The third-order valence-corrected chi connectivity index (χ3v) is 4.42. The first-order chi connectivity index (χ1) is 15.7. The SMILES string of the molecule is COc1ccc(/C=C/C(=O)Nc2ccc(NC(=O)c3ccco3)cc2C(F)(F)F)cc1OC. The number of carbonyl (C=O) groups excluding carboxylic acids is 2. The molecule has 33 heavy (non-hydrogen) atoms. The van der Waals surface area contributed by atoms with Crippen molar-refractivity contribution < 1.29 is 36.7 Å². The third kappa shape index (κ3) is 5.94. The summed E-state index contributed by atoms with van der Waals surface area (Å²) in [4.78, 5) is 24.3. The Balaban J connectivity index is 1.77. The molecule has 10 heteroatoms. The molecule has 0 saturated heterocycles. The van der Waals surface area contributed by atoms with Crippen LogP contribution >= 0.6 is 0 Å². The summed E-state index contributed by atoms with van der Waals surface area (Å²) in [6.07, 6.45) is -0.998. The number of hydrogen-bond donors (Lipinski definition) is 2. The van der Waals surface area contributed by atoms with E-state index in [9.17, 15) is 22.8 Å². The summed E-state index contributed by atoms with van der Waals surface area (Å²) in [5.41, 5.74) is -1.11. The molecule has 1 heterocycles. The molecule has 172 valence electrons. The molecule has 0 saturated carbocycles. The lowest BCUT2D eigenvalue weighted by Gasteiger charge is -2.15.